The number of hydrogen-bond donors (Lipinski definition) is 0. The van der Waals surface area contributed by atoms with E-state index in [0.717, 1.165) is 61.0 Å². The molecular formula is C80H70N4O. The number of hydrogen-bond acceptors (Lipinski definition) is 2. The van der Waals surface area contributed by atoms with E-state index in [1.54, 1.807) is 6.07 Å². The van der Waals surface area contributed by atoms with E-state index in [9.17, 15) is 2.74 Å². The van der Waals surface area contributed by atoms with Crippen LogP contribution in [0.1, 0.15) is 105 Å². The summed E-state index contributed by atoms with van der Waals surface area (Å²) in [7, 11) is 0. The molecule has 4 heterocycles. The normalized spacial score (nSPS) is 14.6. The summed E-state index contributed by atoms with van der Waals surface area (Å²) in [6.07, 6.45) is 5.76. The number of aryl methyl sites for hydroxylation is 2. The average Bonchev–Trinajstić information content (AvgIpc) is 1.51. The third-order valence-corrected chi connectivity index (χ3v) is 16.8. The van der Waals surface area contributed by atoms with Gasteiger partial charge in [-0.2, -0.15) is 0 Å². The summed E-state index contributed by atoms with van der Waals surface area (Å²) in [5.74, 6) is 1.85. The minimum absolute atomic E-state index is 0.0152. The molecule has 1 aliphatic heterocycles. The van der Waals surface area contributed by atoms with Crippen molar-refractivity contribution in [3.8, 4) is 95.5 Å². The maximum atomic E-state index is 9.50. The zero-order chi connectivity index (χ0) is 68.0. The lowest BCUT2D eigenvalue weighted by Crippen LogP contribution is -2.32. The molecule has 0 fully saturated rings. The Morgan fingerprint density at radius 1 is 0.459 bits per heavy atom. The molecule has 0 unspecified atom stereocenters. The zero-order valence-corrected chi connectivity index (χ0v) is 49.2. The summed E-state index contributed by atoms with van der Waals surface area (Å²) in [6.45, 7) is 14.2. The van der Waals surface area contributed by atoms with Crippen LogP contribution in [0.25, 0.3) is 117 Å². The summed E-state index contributed by atoms with van der Waals surface area (Å²) in [4.78, 5) is 4.92. The number of para-hydroxylation sites is 2. The minimum Gasteiger partial charge on any atom is -0.458 e. The van der Waals surface area contributed by atoms with Crippen LogP contribution in [0.5, 0.6) is 11.5 Å². The molecule has 85 heavy (non-hydrogen) atoms. The molecule has 1 aliphatic rings. The van der Waals surface area contributed by atoms with E-state index in [-0.39, 0.29) is 50.6 Å². The van der Waals surface area contributed by atoms with Gasteiger partial charge in [0.1, 0.15) is 17.3 Å². The molecule has 0 amide bonds. The lowest BCUT2D eigenvalue weighted by Gasteiger charge is -2.27. The maximum Gasteiger partial charge on any atom is 0.269 e. The molecule has 14 rings (SSSR count). The van der Waals surface area contributed by atoms with E-state index in [1.165, 1.54) is 18.2 Å². The van der Waals surface area contributed by atoms with Gasteiger partial charge in [0.15, 0.2) is 0 Å². The van der Waals surface area contributed by atoms with Crippen LogP contribution in [-0.2, 0) is 16.2 Å². The van der Waals surface area contributed by atoms with Gasteiger partial charge in [0.05, 0.1) is 40.3 Å². The quantitative estimate of drug-likeness (QED) is 0.118. The van der Waals surface area contributed by atoms with Gasteiger partial charge in [0, 0.05) is 31.3 Å². The van der Waals surface area contributed by atoms with Gasteiger partial charge in [-0.15, -0.1) is 0 Å². The highest BCUT2D eigenvalue weighted by molar-refractivity contribution is 6.10. The zero-order valence-electron chi connectivity index (χ0n) is 60.2. The van der Waals surface area contributed by atoms with Crippen molar-refractivity contribution in [1.82, 2.24) is 14.1 Å². The number of fused-ring (bicyclic) bond motifs is 10. The Morgan fingerprint density at radius 2 is 1.09 bits per heavy atom. The SMILES string of the molecule is [2H]c1c([2H])c([2H])c(-c2cccc3c2-c2ccccc2-c2cc(-c4c(C([2H])([2H])[2H])cccc4C([2H])([2H])[2H])cc4c2[n+]([c-]n4-c2cccc(Oc4ccc5c6ccccc6n(-c6cc(C(C)(C)C)ccn6)c5c4)c2)-c2c(-c4cc(C(C)(C)C)cc(C(C)(C)C)c4)cccc2-3)c([2H])c1[2H]. The summed E-state index contributed by atoms with van der Waals surface area (Å²) in [5, 5.41) is 2.10. The Balaban J connectivity index is 1.10. The first-order valence-electron chi connectivity index (χ1n) is 34.4. The monoisotopic (exact) mass is 1110 g/mol. The second-order valence-electron chi connectivity index (χ2n) is 25.4. The molecule has 13 aromatic rings. The first-order chi connectivity index (χ1) is 45.4. The van der Waals surface area contributed by atoms with Crippen LogP contribution in [0.15, 0.2) is 224 Å². The minimum atomic E-state index is -2.77. The van der Waals surface area contributed by atoms with Crippen LogP contribution in [0, 0.1) is 20.0 Å². The Kier molecular flexibility index (Phi) is 9.97. The average molecular weight is 1110 g/mol. The molecule has 0 radical (unpaired) electrons. The smallest absolute Gasteiger partial charge is 0.269 e. The standard InChI is InChI=1S/C80H70N4O/c1-50-23-19-24-51(2)74(50)54-43-69-63-29-15-16-31-66(63)75-61(52-25-13-12-14-26-52)32-21-34-67(75)68-35-22-33-62(53-41-56(79(6,7)8)45-57(42-53)80(9,10)11)76(68)83-49-82(72(44-54)77(69)83)58-27-20-28-59(47-58)85-60-37-38-65-64-30-17-18-36-70(64)84(71(65)48-60)73-46-55(39-40-81-73)78(3,4)5/h12-48H,1-11H3/i1D3,2D3,12D,13D,14D,25D,26D. The van der Waals surface area contributed by atoms with Crippen LogP contribution in [0.2, 0.25) is 0 Å². The van der Waals surface area contributed by atoms with Gasteiger partial charge >= 0.3 is 0 Å². The van der Waals surface area contributed by atoms with Gasteiger partial charge in [-0.3, -0.25) is 13.7 Å². The van der Waals surface area contributed by atoms with Gasteiger partial charge in [-0.1, -0.05) is 220 Å². The molecule has 5 nitrogen and oxygen atoms in total. The van der Waals surface area contributed by atoms with E-state index < -0.39 is 31.8 Å². The Bertz CT molecular complexity index is 5290. The molecule has 0 atom stereocenters. The molecule has 5 heteroatoms. The van der Waals surface area contributed by atoms with Crippen molar-refractivity contribution in [3.63, 3.8) is 0 Å². The van der Waals surface area contributed by atoms with Crippen LogP contribution < -0.4 is 9.30 Å². The third kappa shape index (κ3) is 9.25. The highest BCUT2D eigenvalue weighted by Crippen LogP contribution is 2.50. The third-order valence-electron chi connectivity index (χ3n) is 16.8. The predicted octanol–water partition coefficient (Wildman–Crippen LogP) is 20.8. The Labute approximate surface area is 515 Å². The number of rotatable bonds is 7. The summed E-state index contributed by atoms with van der Waals surface area (Å²) >= 11 is 0. The number of aromatic nitrogens is 4. The van der Waals surface area contributed by atoms with E-state index in [1.807, 2.05) is 120 Å². The van der Waals surface area contributed by atoms with E-state index in [2.05, 4.69) is 132 Å². The number of benzene rings is 10. The van der Waals surface area contributed by atoms with Gasteiger partial charge in [0.25, 0.3) is 6.33 Å². The number of imidazole rings is 1. The Hall–Kier alpha value is -9.58. The highest BCUT2D eigenvalue weighted by atomic mass is 16.5. The van der Waals surface area contributed by atoms with Crippen molar-refractivity contribution in [2.45, 2.75) is 92.3 Å². The molecule has 0 saturated heterocycles. The van der Waals surface area contributed by atoms with Gasteiger partial charge in [0.2, 0.25) is 0 Å². The largest absolute Gasteiger partial charge is 0.458 e. The molecule has 3 aromatic heterocycles. The summed E-state index contributed by atoms with van der Waals surface area (Å²) < 4.78 is 113. The fraction of sp³-hybridized carbons (Fsp3) is 0.175. The molecule has 0 aliphatic carbocycles. The fourth-order valence-electron chi connectivity index (χ4n) is 12.4. The fourth-order valence-corrected chi connectivity index (χ4v) is 12.4. The molecule has 0 spiro atoms. The number of pyridine rings is 1. The number of nitrogens with zero attached hydrogens (tertiary/aromatic N) is 4. The van der Waals surface area contributed by atoms with Crippen LogP contribution in [0.3, 0.4) is 0 Å². The van der Waals surface area contributed by atoms with Crippen molar-refractivity contribution in [3.05, 3.63) is 259 Å². The second-order valence-corrected chi connectivity index (χ2v) is 25.4. The Morgan fingerprint density at radius 3 is 1.84 bits per heavy atom. The number of ether oxygens (including phenoxy) is 1. The molecular weight excluding hydrogens is 1030 g/mol. The van der Waals surface area contributed by atoms with E-state index in [0.29, 0.717) is 72.9 Å². The molecule has 0 saturated carbocycles. The first kappa shape index (κ1) is 42.3. The molecule has 0 bridgehead atoms. The van der Waals surface area contributed by atoms with Gasteiger partial charge < -0.3 is 4.74 Å². The summed E-state index contributed by atoms with van der Waals surface area (Å²) in [5.41, 5.74) is 13.0. The van der Waals surface area contributed by atoms with E-state index >= 15 is 0 Å². The van der Waals surface area contributed by atoms with Gasteiger partial charge in [-0.05, 0) is 179 Å². The van der Waals surface area contributed by atoms with Gasteiger partial charge in [-0.25, -0.2) is 4.98 Å². The van der Waals surface area contributed by atoms with Crippen molar-refractivity contribution < 1.29 is 24.4 Å². The lowest BCUT2D eigenvalue weighted by molar-refractivity contribution is -0.570. The van der Waals surface area contributed by atoms with Crippen LogP contribution in [0.4, 0.5) is 0 Å². The maximum absolute atomic E-state index is 9.50. The van der Waals surface area contributed by atoms with Crippen molar-refractivity contribution in [1.29, 1.82) is 0 Å². The van der Waals surface area contributed by atoms with Crippen molar-refractivity contribution >= 4 is 32.8 Å². The topological polar surface area (TPSA) is 35.9 Å². The second kappa shape index (κ2) is 20.1. The molecule has 10 aromatic carbocycles. The molecule has 416 valence electrons. The van der Waals surface area contributed by atoms with Crippen molar-refractivity contribution in [2.75, 3.05) is 0 Å². The first-order valence-corrected chi connectivity index (χ1v) is 28.9. The van der Waals surface area contributed by atoms with Crippen LogP contribution >= 0.6 is 0 Å². The van der Waals surface area contributed by atoms with Crippen LogP contribution in [-0.4, -0.2) is 14.1 Å². The highest BCUT2D eigenvalue weighted by Gasteiger charge is 2.31. The predicted molar refractivity (Wildman–Crippen MR) is 354 cm³/mol. The molecule has 0 N–H and O–H groups in total. The summed E-state index contributed by atoms with van der Waals surface area (Å²) in [6, 6.07) is 58.5. The van der Waals surface area contributed by atoms with E-state index in [4.69, 9.17) is 22.1 Å². The lowest BCUT2D eigenvalue weighted by atomic mass is 9.78. The van der Waals surface area contributed by atoms with Crippen molar-refractivity contribution in [2.24, 2.45) is 0 Å².